The van der Waals surface area contributed by atoms with Gasteiger partial charge in [0.1, 0.15) is 11.9 Å². The van der Waals surface area contributed by atoms with E-state index >= 15 is 0 Å². The predicted molar refractivity (Wildman–Crippen MR) is 129 cm³/mol. The Balaban J connectivity index is 1.54. The summed E-state index contributed by atoms with van der Waals surface area (Å²) in [7, 11) is 1.89. The lowest BCUT2D eigenvalue weighted by atomic mass is 10.0. The maximum absolute atomic E-state index is 13.9. The van der Waals surface area contributed by atoms with Crippen molar-refractivity contribution in [1.29, 1.82) is 0 Å². The topological polar surface area (TPSA) is 80.4 Å². The molecule has 8 nitrogen and oxygen atoms in total. The van der Waals surface area contributed by atoms with Gasteiger partial charge in [-0.2, -0.15) is 13.8 Å². The highest BCUT2D eigenvalue weighted by Crippen LogP contribution is 2.28. The van der Waals surface area contributed by atoms with Gasteiger partial charge in [0.15, 0.2) is 5.65 Å². The van der Waals surface area contributed by atoms with Crippen LogP contribution in [0.25, 0.3) is 38.9 Å². The van der Waals surface area contributed by atoms with E-state index in [1.54, 1.807) is 30.6 Å². The minimum Gasteiger partial charge on any atom is -0.469 e. The average molecular weight is 490 g/mol. The Bertz CT molecular complexity index is 1640. The number of benzene rings is 2. The van der Waals surface area contributed by atoms with Crippen LogP contribution in [-0.2, 0) is 11.8 Å². The van der Waals surface area contributed by atoms with Crippen molar-refractivity contribution in [3.63, 3.8) is 0 Å². The van der Waals surface area contributed by atoms with Gasteiger partial charge in [-0.25, -0.2) is 4.98 Å². The van der Waals surface area contributed by atoms with Gasteiger partial charge in [-0.3, -0.25) is 9.36 Å². The van der Waals surface area contributed by atoms with Gasteiger partial charge in [-0.1, -0.05) is 6.07 Å². The Morgan fingerprint density at radius 1 is 1.06 bits per heavy atom. The average Bonchev–Trinajstić information content (AvgIpc) is 3.21. The molecule has 1 saturated heterocycles. The number of fused-ring (bicyclic) bond motifs is 2. The molecule has 3 aromatic heterocycles. The van der Waals surface area contributed by atoms with E-state index in [9.17, 15) is 13.6 Å². The van der Waals surface area contributed by atoms with Crippen molar-refractivity contribution in [3.8, 4) is 28.4 Å². The summed E-state index contributed by atoms with van der Waals surface area (Å²) in [4.78, 5) is 22.9. The first-order valence-corrected chi connectivity index (χ1v) is 11.2. The minimum absolute atomic E-state index is 0.00844. The van der Waals surface area contributed by atoms with E-state index in [0.717, 1.165) is 16.6 Å². The molecule has 0 radical (unpaired) electrons. The van der Waals surface area contributed by atoms with Gasteiger partial charge < -0.3 is 18.8 Å². The zero-order valence-corrected chi connectivity index (χ0v) is 19.1. The fraction of sp³-hybridized carbons (Fsp3) is 0.192. The van der Waals surface area contributed by atoms with Crippen LogP contribution < -0.4 is 15.0 Å². The van der Waals surface area contributed by atoms with Crippen molar-refractivity contribution in [2.24, 2.45) is 7.05 Å². The lowest BCUT2D eigenvalue weighted by Crippen LogP contribution is -2.38. The van der Waals surface area contributed by atoms with Crippen LogP contribution in [0.1, 0.15) is 0 Å². The van der Waals surface area contributed by atoms with Crippen molar-refractivity contribution in [2.45, 2.75) is 12.7 Å². The normalized spacial score (nSPS) is 13.9. The molecule has 4 heterocycles. The smallest absolute Gasteiger partial charge is 0.387 e. The Hall–Kier alpha value is -4.31. The molecular weight excluding hydrogens is 470 g/mol. The molecule has 6 rings (SSSR count). The molecule has 0 saturated carbocycles. The van der Waals surface area contributed by atoms with Gasteiger partial charge in [-0.15, -0.1) is 0 Å². The number of aryl methyl sites for hydroxylation is 1. The number of halogens is 2. The molecule has 10 heteroatoms. The molecule has 0 spiro atoms. The lowest BCUT2D eigenvalue weighted by Gasteiger charge is -2.26. The summed E-state index contributed by atoms with van der Waals surface area (Å²) >= 11 is 0. The largest absolute Gasteiger partial charge is 0.469 e. The molecule has 2 aromatic carbocycles. The van der Waals surface area contributed by atoms with Crippen molar-refractivity contribution in [2.75, 3.05) is 13.2 Å². The first-order valence-electron chi connectivity index (χ1n) is 11.2. The van der Waals surface area contributed by atoms with Crippen molar-refractivity contribution < 1.29 is 23.0 Å². The maximum atomic E-state index is 13.9. The molecule has 0 amide bonds. The fourth-order valence-electron chi connectivity index (χ4n) is 4.20. The van der Waals surface area contributed by atoms with E-state index in [1.165, 1.54) is 16.7 Å². The van der Waals surface area contributed by atoms with Crippen molar-refractivity contribution in [3.05, 3.63) is 77.3 Å². The van der Waals surface area contributed by atoms with Crippen LogP contribution >= 0.6 is 0 Å². The molecule has 182 valence electrons. The molecule has 1 aliphatic rings. The number of rotatable bonds is 6. The number of aromatic nitrogens is 4. The van der Waals surface area contributed by atoms with Crippen LogP contribution in [0.4, 0.5) is 8.78 Å². The van der Waals surface area contributed by atoms with Crippen LogP contribution in [0, 0.1) is 0 Å². The highest BCUT2D eigenvalue weighted by atomic mass is 19.3. The number of nitrogens with zero attached hydrogens (tertiary/aromatic N) is 4. The fourth-order valence-corrected chi connectivity index (χ4v) is 4.20. The lowest BCUT2D eigenvalue weighted by molar-refractivity contribution is -0.0812. The van der Waals surface area contributed by atoms with Gasteiger partial charge in [0, 0.05) is 24.1 Å². The maximum Gasteiger partial charge on any atom is 0.387 e. The van der Waals surface area contributed by atoms with Crippen LogP contribution in [0.5, 0.6) is 11.6 Å². The molecule has 0 N–H and O–H groups in total. The third-order valence-electron chi connectivity index (χ3n) is 6.08. The monoisotopic (exact) mass is 490 g/mol. The van der Waals surface area contributed by atoms with Crippen molar-refractivity contribution >= 4 is 22.1 Å². The second kappa shape index (κ2) is 8.72. The Morgan fingerprint density at radius 2 is 1.86 bits per heavy atom. The van der Waals surface area contributed by atoms with Crippen LogP contribution in [0.2, 0.25) is 0 Å². The van der Waals surface area contributed by atoms with Gasteiger partial charge in [0.25, 0.3) is 5.56 Å². The summed E-state index contributed by atoms with van der Waals surface area (Å²) in [5.74, 6) is 0.358. The van der Waals surface area contributed by atoms with Gasteiger partial charge in [0.05, 0.1) is 36.3 Å². The van der Waals surface area contributed by atoms with Gasteiger partial charge in [0.2, 0.25) is 5.88 Å². The van der Waals surface area contributed by atoms with E-state index < -0.39 is 6.61 Å². The number of pyridine rings is 2. The molecule has 1 aliphatic heterocycles. The predicted octanol–water partition coefficient (Wildman–Crippen LogP) is 4.32. The molecule has 36 heavy (non-hydrogen) atoms. The molecule has 0 bridgehead atoms. The SMILES string of the molecule is Cn1cnc2ccc(-c3cc4ccc(OC5COC5)nc4n(-c4ccc(OC(F)F)cc4)c3=O)cc21. The number of hydrogen-bond donors (Lipinski definition) is 0. The second-order valence-corrected chi connectivity index (χ2v) is 8.47. The summed E-state index contributed by atoms with van der Waals surface area (Å²) in [5, 5.41) is 0.708. The Labute approximate surface area is 203 Å². The first-order chi connectivity index (χ1) is 17.5. The summed E-state index contributed by atoms with van der Waals surface area (Å²) in [6, 6.07) is 16.9. The molecule has 0 atom stereocenters. The van der Waals surface area contributed by atoms with Crippen molar-refractivity contribution in [1.82, 2.24) is 19.1 Å². The summed E-state index contributed by atoms with van der Waals surface area (Å²) < 4.78 is 44.1. The molecule has 5 aromatic rings. The Morgan fingerprint density at radius 3 is 2.58 bits per heavy atom. The van der Waals surface area contributed by atoms with E-state index in [-0.39, 0.29) is 17.4 Å². The van der Waals surface area contributed by atoms with E-state index in [2.05, 4.69) is 14.7 Å². The van der Waals surface area contributed by atoms with Crippen LogP contribution in [0.3, 0.4) is 0 Å². The third-order valence-corrected chi connectivity index (χ3v) is 6.08. The Kier molecular flexibility index (Phi) is 5.37. The number of hydrogen-bond acceptors (Lipinski definition) is 6. The molecule has 1 fully saturated rings. The summed E-state index contributed by atoms with van der Waals surface area (Å²) in [6.45, 7) is -1.98. The third kappa shape index (κ3) is 3.95. The zero-order chi connectivity index (χ0) is 24.8. The van der Waals surface area contributed by atoms with E-state index in [4.69, 9.17) is 9.47 Å². The van der Waals surface area contributed by atoms with E-state index in [1.807, 2.05) is 35.9 Å². The molecular formula is C26H20F2N4O4. The van der Waals surface area contributed by atoms with E-state index in [0.29, 0.717) is 41.4 Å². The number of alkyl halides is 2. The number of ether oxygens (including phenoxy) is 3. The molecule has 0 unspecified atom stereocenters. The summed E-state index contributed by atoms with van der Waals surface area (Å²) in [5.41, 5.74) is 3.40. The zero-order valence-electron chi connectivity index (χ0n) is 19.1. The quantitative estimate of drug-likeness (QED) is 0.353. The molecule has 0 aliphatic carbocycles. The number of imidazole rings is 1. The first kappa shape index (κ1) is 22.2. The van der Waals surface area contributed by atoms with Gasteiger partial charge in [-0.05, 0) is 54.1 Å². The standard InChI is InChI=1S/C26H20F2N4O4/c1-31-14-29-21-8-2-15(11-22(21)31)20-10-16-3-9-23(35-19-12-34-13-19)30-24(16)32(25(20)33)17-4-6-18(7-5-17)36-26(27)28/h2-11,14,19,26H,12-13H2,1H3. The highest BCUT2D eigenvalue weighted by Gasteiger charge is 2.22. The second-order valence-electron chi connectivity index (χ2n) is 8.47. The minimum atomic E-state index is -2.94. The highest BCUT2D eigenvalue weighted by molar-refractivity contribution is 5.87. The van der Waals surface area contributed by atoms with Gasteiger partial charge >= 0.3 is 6.61 Å². The summed E-state index contributed by atoms with van der Waals surface area (Å²) in [6.07, 6.45) is 1.63. The van der Waals surface area contributed by atoms with Crippen LogP contribution in [-0.4, -0.2) is 45.0 Å². The van der Waals surface area contributed by atoms with Crippen LogP contribution in [0.15, 0.2) is 71.8 Å².